The minimum atomic E-state index is -0.436. The normalized spacial score (nSPS) is 18.7. The van der Waals surface area contributed by atoms with Crippen LogP contribution in [0.3, 0.4) is 0 Å². The fraction of sp³-hybridized carbons (Fsp3) is 0.455. The number of ketones is 2. The number of aliphatic hydroxyl groups is 1. The second-order valence-corrected chi connectivity index (χ2v) is 4.47. The molecule has 1 aliphatic rings. The molecule has 3 heteroatoms. The number of hydrogen-bond donors (Lipinski definition) is 1. The van der Waals surface area contributed by atoms with E-state index in [1.807, 2.05) is 20.8 Å². The van der Waals surface area contributed by atoms with E-state index in [1.165, 1.54) is 13.0 Å². The van der Waals surface area contributed by atoms with Crippen molar-refractivity contribution >= 4 is 11.6 Å². The summed E-state index contributed by atoms with van der Waals surface area (Å²) in [4.78, 5) is 23.0. The highest BCUT2D eigenvalue weighted by Crippen LogP contribution is 2.31. The van der Waals surface area contributed by atoms with Gasteiger partial charge in [-0.15, -0.1) is 0 Å². The summed E-state index contributed by atoms with van der Waals surface area (Å²) in [6, 6.07) is 0. The molecular formula is C11H14O3. The van der Waals surface area contributed by atoms with Gasteiger partial charge in [-0.05, 0) is 18.4 Å². The second kappa shape index (κ2) is 3.08. The van der Waals surface area contributed by atoms with Crippen LogP contribution in [-0.4, -0.2) is 16.7 Å². The van der Waals surface area contributed by atoms with Crippen LogP contribution < -0.4 is 0 Å². The van der Waals surface area contributed by atoms with E-state index in [0.717, 1.165) is 0 Å². The first kappa shape index (κ1) is 10.7. The Labute approximate surface area is 83.1 Å². The Balaban J connectivity index is 3.24. The first-order chi connectivity index (χ1) is 6.25. The Morgan fingerprint density at radius 2 is 1.71 bits per heavy atom. The molecule has 1 rings (SSSR count). The molecule has 0 fully saturated rings. The number of carbonyl (C=O) groups is 2. The van der Waals surface area contributed by atoms with Gasteiger partial charge in [0.1, 0.15) is 0 Å². The monoisotopic (exact) mass is 194 g/mol. The second-order valence-electron chi connectivity index (χ2n) is 4.47. The molecular weight excluding hydrogens is 180 g/mol. The van der Waals surface area contributed by atoms with Crippen LogP contribution in [0.5, 0.6) is 0 Å². The van der Waals surface area contributed by atoms with E-state index >= 15 is 0 Å². The summed E-state index contributed by atoms with van der Waals surface area (Å²) in [5.41, 5.74) is 0.0788. The van der Waals surface area contributed by atoms with Gasteiger partial charge in [0.2, 0.25) is 5.78 Å². The van der Waals surface area contributed by atoms with E-state index in [-0.39, 0.29) is 11.4 Å². The predicted molar refractivity (Wildman–Crippen MR) is 52.9 cm³/mol. The van der Waals surface area contributed by atoms with E-state index in [1.54, 1.807) is 0 Å². The molecule has 14 heavy (non-hydrogen) atoms. The lowest BCUT2D eigenvalue weighted by Gasteiger charge is -2.24. The van der Waals surface area contributed by atoms with Crippen molar-refractivity contribution in [2.75, 3.05) is 0 Å². The van der Waals surface area contributed by atoms with Gasteiger partial charge in [-0.25, -0.2) is 0 Å². The smallest absolute Gasteiger partial charge is 0.224 e. The molecule has 1 aliphatic carbocycles. The Hall–Kier alpha value is -1.38. The molecule has 0 bridgehead atoms. The first-order valence-electron chi connectivity index (χ1n) is 4.46. The average molecular weight is 194 g/mol. The topological polar surface area (TPSA) is 54.4 Å². The van der Waals surface area contributed by atoms with Crippen molar-refractivity contribution in [3.05, 3.63) is 23.0 Å². The van der Waals surface area contributed by atoms with Crippen molar-refractivity contribution in [3.63, 3.8) is 0 Å². The maximum atomic E-state index is 11.6. The van der Waals surface area contributed by atoms with Gasteiger partial charge in [0.05, 0.1) is 0 Å². The molecule has 0 saturated carbocycles. The third kappa shape index (κ3) is 1.62. The molecule has 0 unspecified atom stereocenters. The summed E-state index contributed by atoms with van der Waals surface area (Å²) in [7, 11) is 0. The summed E-state index contributed by atoms with van der Waals surface area (Å²) >= 11 is 0. The van der Waals surface area contributed by atoms with E-state index < -0.39 is 17.0 Å². The fourth-order valence-electron chi connectivity index (χ4n) is 1.28. The third-order valence-electron chi connectivity index (χ3n) is 2.27. The number of hydrogen-bond acceptors (Lipinski definition) is 3. The minimum absolute atomic E-state index is 0.128. The summed E-state index contributed by atoms with van der Waals surface area (Å²) < 4.78 is 0. The zero-order chi connectivity index (χ0) is 11.1. The van der Waals surface area contributed by atoms with E-state index in [2.05, 4.69) is 0 Å². The Morgan fingerprint density at radius 3 is 2.14 bits per heavy atom. The van der Waals surface area contributed by atoms with Crippen molar-refractivity contribution in [2.45, 2.75) is 27.7 Å². The van der Waals surface area contributed by atoms with Crippen LogP contribution in [0, 0.1) is 5.41 Å². The molecule has 0 saturated heterocycles. The van der Waals surface area contributed by atoms with Crippen LogP contribution >= 0.6 is 0 Å². The first-order valence-corrected chi connectivity index (χ1v) is 4.46. The van der Waals surface area contributed by atoms with Gasteiger partial charge in [0.25, 0.3) is 0 Å². The average Bonchev–Trinajstić information content (AvgIpc) is 2.06. The molecule has 0 amide bonds. The number of carbonyl (C=O) groups excluding carboxylic acids is 2. The molecule has 0 atom stereocenters. The lowest BCUT2D eigenvalue weighted by molar-refractivity contribution is -0.118. The Morgan fingerprint density at radius 1 is 1.21 bits per heavy atom. The van der Waals surface area contributed by atoms with Gasteiger partial charge in [0, 0.05) is 11.1 Å². The maximum absolute atomic E-state index is 11.6. The van der Waals surface area contributed by atoms with Crippen molar-refractivity contribution in [2.24, 2.45) is 5.41 Å². The summed E-state index contributed by atoms with van der Waals surface area (Å²) in [5.74, 6) is -1.14. The number of aliphatic hydroxyl groups excluding tert-OH is 1. The van der Waals surface area contributed by atoms with Crippen LogP contribution in [-0.2, 0) is 9.59 Å². The Bertz CT molecular complexity index is 364. The molecule has 0 spiro atoms. The highest BCUT2D eigenvalue weighted by molar-refractivity contribution is 6.21. The SMILES string of the molecule is CC1=C(O)C(=O)C(C(C)(C)C)=CC1=O. The van der Waals surface area contributed by atoms with Gasteiger partial charge in [0.15, 0.2) is 11.5 Å². The highest BCUT2D eigenvalue weighted by atomic mass is 16.3. The third-order valence-corrected chi connectivity index (χ3v) is 2.27. The lowest BCUT2D eigenvalue weighted by Crippen LogP contribution is -2.25. The standard InChI is InChI=1S/C11H14O3/c1-6-8(12)5-7(11(2,3)4)10(14)9(6)13/h5,13H,1-4H3. The van der Waals surface area contributed by atoms with Gasteiger partial charge in [-0.3, -0.25) is 9.59 Å². The molecule has 0 aromatic heterocycles. The molecule has 0 aromatic carbocycles. The maximum Gasteiger partial charge on any atom is 0.224 e. The number of Topliss-reactive ketones (excluding diaryl/α,β-unsaturated/α-hetero) is 1. The Kier molecular flexibility index (Phi) is 2.36. The molecule has 0 radical (unpaired) electrons. The van der Waals surface area contributed by atoms with Crippen LogP contribution in [0.15, 0.2) is 23.0 Å². The summed E-state index contributed by atoms with van der Waals surface area (Å²) in [6.07, 6.45) is 1.32. The summed E-state index contributed by atoms with van der Waals surface area (Å²) in [6.45, 7) is 6.94. The van der Waals surface area contributed by atoms with E-state index in [9.17, 15) is 14.7 Å². The van der Waals surface area contributed by atoms with E-state index in [0.29, 0.717) is 5.57 Å². The molecule has 0 aliphatic heterocycles. The quantitative estimate of drug-likeness (QED) is 0.599. The lowest BCUT2D eigenvalue weighted by atomic mass is 9.79. The van der Waals surface area contributed by atoms with Crippen LogP contribution in [0.1, 0.15) is 27.7 Å². The molecule has 76 valence electrons. The van der Waals surface area contributed by atoms with Crippen molar-refractivity contribution in [1.82, 2.24) is 0 Å². The zero-order valence-corrected chi connectivity index (χ0v) is 8.84. The van der Waals surface area contributed by atoms with Crippen LogP contribution in [0.2, 0.25) is 0 Å². The highest BCUT2D eigenvalue weighted by Gasteiger charge is 2.32. The van der Waals surface area contributed by atoms with Crippen LogP contribution in [0.25, 0.3) is 0 Å². The van der Waals surface area contributed by atoms with Crippen molar-refractivity contribution < 1.29 is 14.7 Å². The molecule has 0 aromatic rings. The van der Waals surface area contributed by atoms with Crippen molar-refractivity contribution in [3.8, 4) is 0 Å². The largest absolute Gasteiger partial charge is 0.504 e. The minimum Gasteiger partial charge on any atom is -0.504 e. The number of rotatable bonds is 0. The van der Waals surface area contributed by atoms with E-state index in [4.69, 9.17) is 0 Å². The van der Waals surface area contributed by atoms with Gasteiger partial charge in [-0.2, -0.15) is 0 Å². The van der Waals surface area contributed by atoms with Gasteiger partial charge in [-0.1, -0.05) is 20.8 Å². The number of allylic oxidation sites excluding steroid dienone is 3. The zero-order valence-electron chi connectivity index (χ0n) is 8.84. The predicted octanol–water partition coefficient (Wildman–Crippen LogP) is 1.94. The van der Waals surface area contributed by atoms with Crippen molar-refractivity contribution in [1.29, 1.82) is 0 Å². The van der Waals surface area contributed by atoms with Crippen LogP contribution in [0.4, 0.5) is 0 Å². The molecule has 1 N–H and O–H groups in total. The molecule has 0 heterocycles. The fourth-order valence-corrected chi connectivity index (χ4v) is 1.28. The van der Waals surface area contributed by atoms with Gasteiger partial charge < -0.3 is 5.11 Å². The van der Waals surface area contributed by atoms with Gasteiger partial charge >= 0.3 is 0 Å². The summed E-state index contributed by atoms with van der Waals surface area (Å²) in [5, 5.41) is 9.42. The molecule has 3 nitrogen and oxygen atoms in total.